The number of benzene rings is 1. The first kappa shape index (κ1) is 21.7. The van der Waals surface area contributed by atoms with Gasteiger partial charge in [0.1, 0.15) is 17.7 Å². The fourth-order valence-electron chi connectivity index (χ4n) is 2.85. The highest BCUT2D eigenvalue weighted by Gasteiger charge is 2.30. The molecular weight excluding hydrogens is 360 g/mol. The van der Waals surface area contributed by atoms with Crippen LogP contribution in [0, 0.1) is 5.92 Å². The van der Waals surface area contributed by atoms with Gasteiger partial charge in [0, 0.05) is 6.42 Å². The summed E-state index contributed by atoms with van der Waals surface area (Å²) in [5.74, 6) is -1.03. The van der Waals surface area contributed by atoms with Gasteiger partial charge >= 0.3 is 12.1 Å². The molecule has 0 unspecified atom stereocenters. The maximum absolute atomic E-state index is 12.8. The number of rotatable bonds is 9. The Balaban J connectivity index is 2.05. The van der Waals surface area contributed by atoms with Crippen LogP contribution in [-0.4, -0.2) is 40.8 Å². The van der Waals surface area contributed by atoms with Gasteiger partial charge in [-0.15, -0.1) is 0 Å². The minimum Gasteiger partial charge on any atom is -0.480 e. The molecule has 2 atom stereocenters. The molecule has 7 nitrogen and oxygen atoms in total. The van der Waals surface area contributed by atoms with E-state index in [0.717, 1.165) is 24.8 Å². The summed E-state index contributed by atoms with van der Waals surface area (Å²) in [6, 6.07) is 7.34. The Bertz CT molecular complexity index is 680. The Labute approximate surface area is 165 Å². The van der Waals surface area contributed by atoms with Crippen molar-refractivity contribution < 1.29 is 24.2 Å². The van der Waals surface area contributed by atoms with Gasteiger partial charge in [0.05, 0.1) is 0 Å². The monoisotopic (exact) mass is 390 g/mol. The molecule has 1 fully saturated rings. The standard InChI is InChI=1S/C21H30N2O5/c1-21(2,3)28-20(27)23-17(13-15-7-5-4-6-8-15)18(24)22-16(19(25)26)12-11-14-9-10-14/h4-8,14,16-17H,9-13H2,1-3H3,(H,22,24)(H,23,27)(H,25,26)/t16-,17-/m1/s1. The molecule has 0 radical (unpaired) electrons. The van der Waals surface area contributed by atoms with Gasteiger partial charge in [-0.2, -0.15) is 0 Å². The number of carbonyl (C=O) groups is 3. The molecule has 0 bridgehead atoms. The van der Waals surface area contributed by atoms with E-state index in [4.69, 9.17) is 4.74 Å². The minimum absolute atomic E-state index is 0.237. The Morgan fingerprint density at radius 2 is 1.75 bits per heavy atom. The quantitative estimate of drug-likeness (QED) is 0.601. The number of aliphatic carboxylic acids is 1. The molecule has 0 saturated heterocycles. The van der Waals surface area contributed by atoms with Gasteiger partial charge in [-0.25, -0.2) is 9.59 Å². The third-order valence-corrected chi connectivity index (χ3v) is 4.47. The zero-order chi connectivity index (χ0) is 20.7. The molecule has 3 N–H and O–H groups in total. The van der Waals surface area contributed by atoms with E-state index < -0.39 is 35.7 Å². The van der Waals surface area contributed by atoms with Gasteiger partial charge in [0.15, 0.2) is 0 Å². The maximum Gasteiger partial charge on any atom is 0.408 e. The first-order valence-corrected chi connectivity index (χ1v) is 9.70. The van der Waals surface area contributed by atoms with Gasteiger partial charge in [0.2, 0.25) is 5.91 Å². The van der Waals surface area contributed by atoms with Crippen LogP contribution in [0.15, 0.2) is 30.3 Å². The number of ether oxygens (including phenoxy) is 1. The lowest BCUT2D eigenvalue weighted by molar-refractivity contribution is -0.142. The smallest absolute Gasteiger partial charge is 0.408 e. The van der Waals surface area contributed by atoms with Crippen molar-refractivity contribution in [2.24, 2.45) is 5.92 Å². The van der Waals surface area contributed by atoms with Crippen molar-refractivity contribution in [1.29, 1.82) is 0 Å². The number of nitrogens with one attached hydrogen (secondary N) is 2. The van der Waals surface area contributed by atoms with Crippen LogP contribution in [0.1, 0.15) is 52.0 Å². The number of carboxylic acid groups (broad SMARTS) is 1. The zero-order valence-electron chi connectivity index (χ0n) is 16.7. The van der Waals surface area contributed by atoms with Crippen LogP contribution in [0.25, 0.3) is 0 Å². The fraction of sp³-hybridized carbons (Fsp3) is 0.571. The van der Waals surface area contributed by atoms with Crippen molar-refractivity contribution in [2.45, 2.75) is 70.6 Å². The van der Waals surface area contributed by atoms with Crippen LogP contribution in [-0.2, 0) is 20.7 Å². The van der Waals surface area contributed by atoms with Crippen molar-refractivity contribution in [1.82, 2.24) is 10.6 Å². The van der Waals surface area contributed by atoms with Crippen molar-refractivity contribution in [2.75, 3.05) is 0 Å². The summed E-state index contributed by atoms with van der Waals surface area (Å²) in [4.78, 5) is 36.5. The zero-order valence-corrected chi connectivity index (χ0v) is 16.7. The third-order valence-electron chi connectivity index (χ3n) is 4.47. The highest BCUT2D eigenvalue weighted by Crippen LogP contribution is 2.33. The molecule has 1 aliphatic rings. The fourth-order valence-corrected chi connectivity index (χ4v) is 2.85. The van der Waals surface area contributed by atoms with Crippen molar-refractivity contribution in [3.8, 4) is 0 Å². The molecule has 0 aromatic heterocycles. The minimum atomic E-state index is -1.07. The Hall–Kier alpha value is -2.57. The molecule has 1 saturated carbocycles. The summed E-state index contributed by atoms with van der Waals surface area (Å²) in [6.07, 6.45) is 2.93. The molecule has 1 aromatic rings. The predicted molar refractivity (Wildman–Crippen MR) is 105 cm³/mol. The predicted octanol–water partition coefficient (Wildman–Crippen LogP) is 2.88. The van der Waals surface area contributed by atoms with Crippen molar-refractivity contribution >= 4 is 18.0 Å². The number of alkyl carbamates (subject to hydrolysis) is 1. The summed E-state index contributed by atoms with van der Waals surface area (Å²) < 4.78 is 5.25. The number of hydrogen-bond donors (Lipinski definition) is 3. The third kappa shape index (κ3) is 7.98. The first-order chi connectivity index (χ1) is 13.1. The summed E-state index contributed by atoms with van der Waals surface area (Å²) in [6.45, 7) is 5.20. The Kier molecular flexibility index (Phi) is 7.43. The normalized spacial score (nSPS) is 16.0. The summed E-state index contributed by atoms with van der Waals surface area (Å²) in [7, 11) is 0. The molecular formula is C21H30N2O5. The number of amides is 2. The van der Waals surface area contributed by atoms with E-state index in [9.17, 15) is 19.5 Å². The van der Waals surface area contributed by atoms with E-state index >= 15 is 0 Å². The number of hydrogen-bond acceptors (Lipinski definition) is 4. The van der Waals surface area contributed by atoms with E-state index in [1.807, 2.05) is 30.3 Å². The summed E-state index contributed by atoms with van der Waals surface area (Å²) in [5, 5.41) is 14.6. The number of carboxylic acids is 1. The van der Waals surface area contributed by atoms with Gasteiger partial charge in [-0.05, 0) is 45.1 Å². The second kappa shape index (κ2) is 9.57. The van der Waals surface area contributed by atoms with Crippen LogP contribution in [0.2, 0.25) is 0 Å². The highest BCUT2D eigenvalue weighted by molar-refractivity contribution is 5.89. The Morgan fingerprint density at radius 1 is 1.11 bits per heavy atom. The van der Waals surface area contributed by atoms with Gasteiger partial charge < -0.3 is 20.5 Å². The summed E-state index contributed by atoms with van der Waals surface area (Å²) in [5.41, 5.74) is 0.148. The van der Waals surface area contributed by atoms with E-state index in [2.05, 4.69) is 10.6 Å². The largest absolute Gasteiger partial charge is 0.480 e. The highest BCUT2D eigenvalue weighted by atomic mass is 16.6. The van der Waals surface area contributed by atoms with E-state index in [-0.39, 0.29) is 6.42 Å². The van der Waals surface area contributed by atoms with E-state index in [1.54, 1.807) is 20.8 Å². The summed E-state index contributed by atoms with van der Waals surface area (Å²) >= 11 is 0. The van der Waals surface area contributed by atoms with Crippen molar-refractivity contribution in [3.05, 3.63) is 35.9 Å². The van der Waals surface area contributed by atoms with Crippen LogP contribution < -0.4 is 10.6 Å². The van der Waals surface area contributed by atoms with Gasteiger partial charge in [-0.3, -0.25) is 4.79 Å². The van der Waals surface area contributed by atoms with Crippen LogP contribution in [0.3, 0.4) is 0 Å². The molecule has 0 spiro atoms. The van der Waals surface area contributed by atoms with Crippen LogP contribution in [0.4, 0.5) is 4.79 Å². The Morgan fingerprint density at radius 3 is 2.29 bits per heavy atom. The lowest BCUT2D eigenvalue weighted by atomic mass is 10.0. The first-order valence-electron chi connectivity index (χ1n) is 9.70. The maximum atomic E-state index is 12.8. The molecule has 154 valence electrons. The molecule has 28 heavy (non-hydrogen) atoms. The molecule has 0 heterocycles. The van der Waals surface area contributed by atoms with E-state index in [1.165, 1.54) is 0 Å². The average Bonchev–Trinajstić information content (AvgIpc) is 3.41. The second-order valence-electron chi connectivity index (χ2n) is 8.31. The number of carbonyl (C=O) groups excluding carboxylic acids is 2. The lowest BCUT2D eigenvalue weighted by Crippen LogP contribution is -2.53. The SMILES string of the molecule is CC(C)(C)OC(=O)N[C@H](Cc1ccccc1)C(=O)N[C@H](CCC1CC1)C(=O)O. The second-order valence-corrected chi connectivity index (χ2v) is 8.31. The molecule has 0 aliphatic heterocycles. The van der Waals surface area contributed by atoms with Gasteiger partial charge in [0.25, 0.3) is 0 Å². The molecule has 2 rings (SSSR count). The van der Waals surface area contributed by atoms with Crippen LogP contribution in [0.5, 0.6) is 0 Å². The van der Waals surface area contributed by atoms with Crippen molar-refractivity contribution in [3.63, 3.8) is 0 Å². The molecule has 1 aliphatic carbocycles. The topological polar surface area (TPSA) is 105 Å². The molecule has 1 aromatic carbocycles. The van der Waals surface area contributed by atoms with Crippen LogP contribution >= 0.6 is 0 Å². The van der Waals surface area contributed by atoms with E-state index in [0.29, 0.717) is 12.3 Å². The van der Waals surface area contributed by atoms with Gasteiger partial charge in [-0.1, -0.05) is 43.2 Å². The molecule has 7 heteroatoms. The lowest BCUT2D eigenvalue weighted by Gasteiger charge is -2.24. The average molecular weight is 390 g/mol. The molecule has 2 amide bonds.